The van der Waals surface area contributed by atoms with Gasteiger partial charge in [0.2, 0.25) is 0 Å². The van der Waals surface area contributed by atoms with E-state index in [2.05, 4.69) is 56.3 Å². The van der Waals surface area contributed by atoms with Crippen LogP contribution in [0.4, 0.5) is 0 Å². The second-order valence-corrected chi connectivity index (χ2v) is 6.99. The van der Waals surface area contributed by atoms with Gasteiger partial charge in [0.15, 0.2) is 0 Å². The van der Waals surface area contributed by atoms with Gasteiger partial charge in [-0.05, 0) is 36.6 Å². The maximum atomic E-state index is 10.3. The van der Waals surface area contributed by atoms with Crippen molar-refractivity contribution >= 4 is 11.6 Å². The molecule has 0 spiro atoms. The Balaban J connectivity index is 2.42. The van der Waals surface area contributed by atoms with Crippen LogP contribution in [-0.4, -0.2) is 10.7 Å². The minimum Gasteiger partial charge on any atom is -0.390 e. The van der Waals surface area contributed by atoms with Gasteiger partial charge in [0.25, 0.3) is 0 Å². The lowest BCUT2D eigenvalue weighted by atomic mass is 9.76. The summed E-state index contributed by atoms with van der Waals surface area (Å²) in [6.45, 7) is 7.80. The lowest BCUT2D eigenvalue weighted by Gasteiger charge is -2.34. The average molecular weight is 306 g/mol. The molecule has 0 saturated carbocycles. The van der Waals surface area contributed by atoms with E-state index >= 15 is 0 Å². The van der Waals surface area contributed by atoms with Crippen molar-refractivity contribution in [3.05, 3.63) is 83.9 Å². The van der Waals surface area contributed by atoms with Gasteiger partial charge in [0, 0.05) is 5.41 Å². The van der Waals surface area contributed by atoms with E-state index in [4.69, 9.17) is 0 Å². The van der Waals surface area contributed by atoms with Crippen LogP contribution < -0.4 is 0 Å². The lowest BCUT2D eigenvalue weighted by molar-refractivity contribution is -0.00734. The molecule has 0 bridgehead atoms. The Morgan fingerprint density at radius 1 is 0.826 bits per heavy atom. The summed E-state index contributed by atoms with van der Waals surface area (Å²) in [6.07, 6.45) is 6.38. The second kappa shape index (κ2) is 6.97. The summed E-state index contributed by atoms with van der Waals surface area (Å²) in [5.41, 5.74) is 2.36. The fourth-order valence-electron chi connectivity index (χ4n) is 2.09. The van der Waals surface area contributed by atoms with Crippen molar-refractivity contribution in [1.29, 1.82) is 0 Å². The predicted octanol–water partition coefficient (Wildman–Crippen LogP) is 5.58. The van der Waals surface area contributed by atoms with Gasteiger partial charge in [0.1, 0.15) is 0 Å². The molecule has 2 aromatic rings. The molecular formula is C22H26O. The first-order chi connectivity index (χ1) is 10.8. The molecule has 23 heavy (non-hydrogen) atoms. The summed E-state index contributed by atoms with van der Waals surface area (Å²) in [6, 6.07) is 20.6. The van der Waals surface area contributed by atoms with Crippen LogP contribution in [0.15, 0.2) is 72.8 Å². The molecule has 0 saturated heterocycles. The largest absolute Gasteiger partial charge is 0.390 e. The van der Waals surface area contributed by atoms with Crippen LogP contribution in [0.5, 0.6) is 0 Å². The normalized spacial score (nSPS) is 13.5. The summed E-state index contributed by atoms with van der Waals surface area (Å²) in [5, 5.41) is 10.3. The number of rotatable bonds is 5. The molecule has 0 aromatic heterocycles. The van der Waals surface area contributed by atoms with Crippen molar-refractivity contribution in [2.75, 3.05) is 0 Å². The Morgan fingerprint density at radius 2 is 1.35 bits per heavy atom. The molecule has 0 aliphatic rings. The van der Waals surface area contributed by atoms with Crippen LogP contribution in [0.2, 0.25) is 0 Å². The molecule has 2 aromatic carbocycles. The van der Waals surface area contributed by atoms with Crippen LogP contribution in [0.3, 0.4) is 0 Å². The standard InChI is InChI=1S/C22H26O/c1-21(2,22(3,4)23)16-15-20(19-13-9-6-10-14-19)17-18-11-7-5-8-12-18/h5-17,23H,1-4H3/b16-15-,20-17?. The minimum atomic E-state index is -0.780. The number of benzene rings is 2. The predicted molar refractivity (Wildman–Crippen MR) is 100.0 cm³/mol. The van der Waals surface area contributed by atoms with Gasteiger partial charge in [-0.2, -0.15) is 0 Å². The van der Waals surface area contributed by atoms with Crippen LogP contribution >= 0.6 is 0 Å². The molecule has 0 radical (unpaired) electrons. The number of hydrogen-bond acceptors (Lipinski definition) is 1. The smallest absolute Gasteiger partial charge is 0.0676 e. The van der Waals surface area contributed by atoms with Crippen LogP contribution in [0.1, 0.15) is 38.8 Å². The monoisotopic (exact) mass is 306 g/mol. The zero-order chi connectivity index (χ0) is 16.9. The van der Waals surface area contributed by atoms with E-state index < -0.39 is 5.60 Å². The molecular weight excluding hydrogens is 280 g/mol. The van der Waals surface area contributed by atoms with Crippen LogP contribution in [0, 0.1) is 5.41 Å². The van der Waals surface area contributed by atoms with E-state index in [1.54, 1.807) is 0 Å². The highest BCUT2D eigenvalue weighted by Gasteiger charge is 2.32. The first kappa shape index (κ1) is 17.2. The van der Waals surface area contributed by atoms with E-state index in [0.29, 0.717) is 0 Å². The summed E-state index contributed by atoms with van der Waals surface area (Å²) in [7, 11) is 0. The van der Waals surface area contributed by atoms with Gasteiger partial charge in [0.05, 0.1) is 5.60 Å². The van der Waals surface area contributed by atoms with Gasteiger partial charge in [-0.15, -0.1) is 0 Å². The quantitative estimate of drug-likeness (QED) is 0.564. The molecule has 2 rings (SSSR count). The van der Waals surface area contributed by atoms with Gasteiger partial charge < -0.3 is 5.11 Å². The van der Waals surface area contributed by atoms with Crippen molar-refractivity contribution in [1.82, 2.24) is 0 Å². The Labute approximate surface area is 140 Å². The number of hydrogen-bond donors (Lipinski definition) is 1. The number of allylic oxidation sites excluding steroid dienone is 2. The van der Waals surface area contributed by atoms with Crippen molar-refractivity contribution < 1.29 is 5.11 Å². The zero-order valence-corrected chi connectivity index (χ0v) is 14.5. The van der Waals surface area contributed by atoms with Gasteiger partial charge in [-0.3, -0.25) is 0 Å². The number of aliphatic hydroxyl groups is 1. The average Bonchev–Trinajstić information content (AvgIpc) is 2.52. The van der Waals surface area contributed by atoms with Crippen LogP contribution in [-0.2, 0) is 0 Å². The van der Waals surface area contributed by atoms with E-state index in [1.807, 2.05) is 50.2 Å². The molecule has 1 nitrogen and oxygen atoms in total. The van der Waals surface area contributed by atoms with E-state index in [1.165, 1.54) is 5.56 Å². The molecule has 0 aliphatic carbocycles. The maximum absolute atomic E-state index is 10.3. The van der Waals surface area contributed by atoms with E-state index in [-0.39, 0.29) is 5.41 Å². The molecule has 0 fully saturated rings. The topological polar surface area (TPSA) is 20.2 Å². The molecule has 0 amide bonds. The summed E-state index contributed by atoms with van der Waals surface area (Å²) >= 11 is 0. The van der Waals surface area contributed by atoms with Crippen molar-refractivity contribution in [3.8, 4) is 0 Å². The maximum Gasteiger partial charge on any atom is 0.0676 e. The third-order valence-electron chi connectivity index (χ3n) is 4.49. The molecule has 0 unspecified atom stereocenters. The Morgan fingerprint density at radius 3 is 1.87 bits per heavy atom. The van der Waals surface area contributed by atoms with Crippen LogP contribution in [0.25, 0.3) is 11.6 Å². The minimum absolute atomic E-state index is 0.322. The molecule has 1 heteroatoms. The Kier molecular flexibility index (Phi) is 5.23. The summed E-state index contributed by atoms with van der Waals surface area (Å²) in [5.74, 6) is 0. The molecule has 1 N–H and O–H groups in total. The third kappa shape index (κ3) is 4.67. The molecule has 120 valence electrons. The fraction of sp³-hybridized carbons (Fsp3) is 0.273. The highest BCUT2D eigenvalue weighted by atomic mass is 16.3. The molecule has 0 aliphatic heterocycles. The van der Waals surface area contributed by atoms with Crippen molar-refractivity contribution in [3.63, 3.8) is 0 Å². The highest BCUT2D eigenvalue weighted by molar-refractivity contribution is 5.87. The zero-order valence-electron chi connectivity index (χ0n) is 14.5. The van der Waals surface area contributed by atoms with Crippen molar-refractivity contribution in [2.45, 2.75) is 33.3 Å². The third-order valence-corrected chi connectivity index (χ3v) is 4.49. The summed E-state index contributed by atoms with van der Waals surface area (Å²) in [4.78, 5) is 0. The lowest BCUT2D eigenvalue weighted by Crippen LogP contribution is -2.37. The Bertz CT molecular complexity index is 671. The molecule has 0 atom stereocenters. The molecule has 0 heterocycles. The SMILES string of the molecule is CC(C)(O)C(C)(C)/C=C\C(=Cc1ccccc1)c1ccccc1. The van der Waals surface area contributed by atoms with Gasteiger partial charge in [-0.25, -0.2) is 0 Å². The fourth-order valence-corrected chi connectivity index (χ4v) is 2.09. The second-order valence-electron chi connectivity index (χ2n) is 6.99. The Hall–Kier alpha value is -2.12. The highest BCUT2D eigenvalue weighted by Crippen LogP contribution is 2.33. The van der Waals surface area contributed by atoms with Gasteiger partial charge in [-0.1, -0.05) is 86.7 Å². The van der Waals surface area contributed by atoms with Crippen molar-refractivity contribution in [2.24, 2.45) is 5.41 Å². The van der Waals surface area contributed by atoms with E-state index in [0.717, 1.165) is 11.1 Å². The van der Waals surface area contributed by atoms with E-state index in [9.17, 15) is 5.11 Å². The first-order valence-corrected chi connectivity index (χ1v) is 8.03. The first-order valence-electron chi connectivity index (χ1n) is 8.03. The van der Waals surface area contributed by atoms with Gasteiger partial charge >= 0.3 is 0 Å². The summed E-state index contributed by atoms with van der Waals surface area (Å²) < 4.78 is 0.